The van der Waals surface area contributed by atoms with Crippen LogP contribution >= 0.6 is 32.9 Å². The van der Waals surface area contributed by atoms with Gasteiger partial charge in [0.15, 0.2) is 0 Å². The summed E-state index contributed by atoms with van der Waals surface area (Å²) in [6.07, 6.45) is 0. The fourth-order valence-electron chi connectivity index (χ4n) is 2.54. The summed E-state index contributed by atoms with van der Waals surface area (Å²) in [5, 5.41) is 0. The van der Waals surface area contributed by atoms with Crippen LogP contribution in [0, 0.1) is 3.82 Å². The van der Waals surface area contributed by atoms with Gasteiger partial charge in [-0.2, -0.15) is 0 Å². The third-order valence-electron chi connectivity index (χ3n) is 3.67. The average Bonchev–Trinajstić information content (AvgIpc) is 2.81. The van der Waals surface area contributed by atoms with Gasteiger partial charge in [-0.25, -0.2) is 0 Å². The van der Waals surface area contributed by atoms with Crippen molar-refractivity contribution in [1.82, 2.24) is 0 Å². The first kappa shape index (κ1) is 17.6. The third-order valence-corrected chi connectivity index (χ3v) is 6.55. The Balaban J connectivity index is 2.90. The first-order chi connectivity index (χ1) is 10.0. The molecule has 1 aromatic carbocycles. The molecule has 0 saturated heterocycles. The van der Waals surface area contributed by atoms with E-state index in [0.717, 1.165) is 9.57 Å². The van der Waals surface area contributed by atoms with Crippen molar-refractivity contribution in [3.63, 3.8) is 0 Å². The van der Waals surface area contributed by atoms with Crippen molar-refractivity contribution >= 4 is 32.9 Å². The van der Waals surface area contributed by atoms with Crippen LogP contribution in [0.3, 0.4) is 0 Å². The van der Waals surface area contributed by atoms with E-state index in [0.29, 0.717) is 0 Å². The van der Waals surface area contributed by atoms with Crippen molar-refractivity contribution < 1.29 is 4.74 Å². The molecule has 0 unspecified atom stereocenters. The smallest absolute Gasteiger partial charge is 0.119 e. The van der Waals surface area contributed by atoms with Gasteiger partial charge in [0.1, 0.15) is 9.57 Å². The Hall–Kier alpha value is -0.710. The molecule has 120 valence electrons. The van der Waals surface area contributed by atoms with Crippen molar-refractivity contribution in [1.29, 1.82) is 0 Å². The number of hydrogen-bond donors (Lipinski definition) is 0. The van der Waals surface area contributed by atoms with Crippen LogP contribution in [0.1, 0.15) is 52.7 Å². The lowest BCUT2D eigenvalue weighted by Gasteiger charge is -2.30. The van der Waals surface area contributed by atoms with Gasteiger partial charge in [-0.3, -0.25) is 0 Å². The first-order valence-corrected chi connectivity index (χ1v) is 9.93. The Morgan fingerprint density at radius 2 is 1.36 bits per heavy atom. The van der Waals surface area contributed by atoms with Gasteiger partial charge < -0.3 is 4.74 Å². The summed E-state index contributed by atoms with van der Waals surface area (Å²) in [4.78, 5) is 1.27. The van der Waals surface area contributed by atoms with Crippen molar-refractivity contribution in [3.05, 3.63) is 33.1 Å². The molecule has 0 bridgehead atoms. The van der Waals surface area contributed by atoms with E-state index in [1.165, 1.54) is 21.6 Å². The number of hydrogen-bond acceptors (Lipinski definition) is 4. The molecule has 0 atom stereocenters. The Morgan fingerprint density at radius 3 is 1.68 bits per heavy atom. The number of ether oxygens (including phenoxy) is 1. The number of benzene rings is 1. The Kier molecular flexibility index (Phi) is 4.86. The van der Waals surface area contributed by atoms with Crippen molar-refractivity contribution in [2.45, 2.75) is 52.4 Å². The van der Waals surface area contributed by atoms with Gasteiger partial charge in [0.05, 0.1) is 7.11 Å². The minimum atomic E-state index is 0.0418. The summed E-state index contributed by atoms with van der Waals surface area (Å²) in [6, 6.07) is 6.49. The molecular weight excluding hydrogens is 328 g/mol. The Labute approximate surface area is 146 Å². The lowest BCUT2D eigenvalue weighted by Crippen LogP contribution is -2.19. The zero-order valence-electron chi connectivity index (χ0n) is 14.4. The van der Waals surface area contributed by atoms with E-state index in [-0.39, 0.29) is 10.8 Å². The minimum absolute atomic E-state index is 0.0418. The highest BCUT2D eigenvalue weighted by molar-refractivity contribution is 7.80. The van der Waals surface area contributed by atoms with Gasteiger partial charge in [-0.1, -0.05) is 74.4 Å². The van der Waals surface area contributed by atoms with Crippen LogP contribution in [0.25, 0.3) is 10.4 Å². The maximum Gasteiger partial charge on any atom is 0.119 e. The number of methoxy groups -OCH3 is 1. The maximum absolute atomic E-state index is 5.57. The second-order valence-electron chi connectivity index (χ2n) is 7.59. The van der Waals surface area contributed by atoms with Crippen LogP contribution in [0.4, 0.5) is 0 Å². The first-order valence-electron chi connectivity index (χ1n) is 7.37. The standard InChI is InChI=1S/C18H24OS3/c1-17(2,3)12-8-11(19-7)9-13(18(4,5)6)16(12)14-10-15(20)22-21-14/h8-10H,1-7H3. The van der Waals surface area contributed by atoms with E-state index >= 15 is 0 Å². The summed E-state index contributed by atoms with van der Waals surface area (Å²) >= 11 is 5.36. The van der Waals surface area contributed by atoms with Crippen LogP contribution in [-0.2, 0) is 10.8 Å². The molecule has 0 spiro atoms. The summed E-state index contributed by atoms with van der Waals surface area (Å²) < 4.78 is 6.52. The summed E-state index contributed by atoms with van der Waals surface area (Å²) in [5.74, 6) is 0.928. The molecule has 0 fully saturated rings. The van der Waals surface area contributed by atoms with Crippen LogP contribution in [-0.4, -0.2) is 7.11 Å². The van der Waals surface area contributed by atoms with Crippen LogP contribution in [0.15, 0.2) is 18.2 Å². The predicted molar refractivity (Wildman–Crippen MR) is 102 cm³/mol. The molecule has 0 aliphatic rings. The molecule has 0 saturated carbocycles. The van der Waals surface area contributed by atoms with Gasteiger partial charge in [-0.05, 0) is 40.2 Å². The van der Waals surface area contributed by atoms with Gasteiger partial charge in [0, 0.05) is 10.4 Å². The predicted octanol–water partition coefficient (Wildman–Crippen LogP) is 6.81. The highest BCUT2D eigenvalue weighted by Crippen LogP contribution is 2.45. The van der Waals surface area contributed by atoms with Gasteiger partial charge in [0.2, 0.25) is 0 Å². The van der Waals surface area contributed by atoms with E-state index in [4.69, 9.17) is 17.0 Å². The molecule has 0 N–H and O–H groups in total. The van der Waals surface area contributed by atoms with E-state index in [1.54, 1.807) is 27.8 Å². The molecule has 1 aromatic heterocycles. The molecule has 1 heterocycles. The van der Waals surface area contributed by atoms with E-state index in [9.17, 15) is 0 Å². The monoisotopic (exact) mass is 352 g/mol. The molecule has 0 aliphatic heterocycles. The average molecular weight is 353 g/mol. The quantitative estimate of drug-likeness (QED) is 0.433. The summed E-state index contributed by atoms with van der Waals surface area (Å²) in [6.45, 7) is 13.5. The maximum atomic E-state index is 5.57. The molecule has 2 aromatic rings. The lowest BCUT2D eigenvalue weighted by molar-refractivity contribution is 0.410. The van der Waals surface area contributed by atoms with Gasteiger partial charge >= 0.3 is 0 Å². The molecule has 4 heteroatoms. The summed E-state index contributed by atoms with van der Waals surface area (Å²) in [5.41, 5.74) is 4.06. The molecule has 22 heavy (non-hydrogen) atoms. The second-order valence-corrected chi connectivity index (χ2v) is 10.5. The van der Waals surface area contributed by atoms with Crippen molar-refractivity contribution in [2.24, 2.45) is 0 Å². The van der Waals surface area contributed by atoms with Gasteiger partial charge in [0.25, 0.3) is 0 Å². The molecule has 1 nitrogen and oxygen atoms in total. The van der Waals surface area contributed by atoms with Crippen molar-refractivity contribution in [2.75, 3.05) is 7.11 Å². The highest BCUT2D eigenvalue weighted by Gasteiger charge is 2.28. The SMILES string of the molecule is COc1cc(C(C)(C)C)c(-c2cc(=S)ss2)c(C(C)(C)C)c1. The molecule has 0 aliphatic carbocycles. The minimum Gasteiger partial charge on any atom is -0.497 e. The zero-order valence-corrected chi connectivity index (χ0v) is 16.8. The van der Waals surface area contributed by atoms with E-state index < -0.39 is 0 Å². The molecule has 0 amide bonds. The Morgan fingerprint density at radius 1 is 0.864 bits per heavy atom. The van der Waals surface area contributed by atoms with Gasteiger partial charge in [-0.15, -0.1) is 0 Å². The largest absolute Gasteiger partial charge is 0.497 e. The normalized spacial score (nSPS) is 12.5. The molecule has 2 rings (SSSR count). The fraction of sp³-hybridized carbons (Fsp3) is 0.500. The summed E-state index contributed by atoms with van der Waals surface area (Å²) in [7, 11) is 5.18. The van der Waals surface area contributed by atoms with Crippen LogP contribution in [0.2, 0.25) is 0 Å². The second kappa shape index (κ2) is 6.06. The van der Waals surface area contributed by atoms with E-state index in [2.05, 4.69) is 59.7 Å². The van der Waals surface area contributed by atoms with Crippen molar-refractivity contribution in [3.8, 4) is 16.2 Å². The Bertz CT molecular complexity index is 689. The highest BCUT2D eigenvalue weighted by atomic mass is 32.9. The van der Waals surface area contributed by atoms with E-state index in [1.807, 2.05) is 0 Å². The zero-order chi connectivity index (χ0) is 16.7. The molecular formula is C18H24OS3. The van der Waals surface area contributed by atoms with Crippen LogP contribution in [0.5, 0.6) is 5.75 Å². The van der Waals surface area contributed by atoms with Crippen LogP contribution < -0.4 is 4.74 Å². The topological polar surface area (TPSA) is 9.23 Å². The third kappa shape index (κ3) is 3.61. The number of rotatable bonds is 2. The molecule has 0 radical (unpaired) electrons. The fourth-order valence-corrected chi connectivity index (χ4v) is 4.97. The lowest BCUT2D eigenvalue weighted by atomic mass is 9.75.